The van der Waals surface area contributed by atoms with Gasteiger partial charge < -0.3 is 0 Å². The molecule has 0 spiro atoms. The maximum Gasteiger partial charge on any atom is 0.101 e. The Kier molecular flexibility index (Phi) is 4.91. The van der Waals surface area contributed by atoms with E-state index >= 15 is 0 Å². The second kappa shape index (κ2) is 6.03. The molecule has 1 fully saturated rings. The van der Waals surface area contributed by atoms with Crippen LogP contribution >= 0.6 is 8.58 Å². The predicted octanol–water partition coefficient (Wildman–Crippen LogP) is 6.29. The smallest absolute Gasteiger partial charge is 0.0561 e. The van der Waals surface area contributed by atoms with Crippen LogP contribution in [0.25, 0.3) is 0 Å². The van der Waals surface area contributed by atoms with Crippen molar-refractivity contribution < 1.29 is 0 Å². The summed E-state index contributed by atoms with van der Waals surface area (Å²) >= 11 is 0. The van der Waals surface area contributed by atoms with E-state index in [1.807, 2.05) is 0 Å². The van der Waals surface area contributed by atoms with Gasteiger partial charge in [0.05, 0.1) is 5.82 Å². The van der Waals surface area contributed by atoms with E-state index in [2.05, 4.69) is 80.3 Å². The minimum Gasteiger partial charge on any atom is -0.0561 e. The summed E-state index contributed by atoms with van der Waals surface area (Å²) in [6.45, 7) is 21.2. The van der Waals surface area contributed by atoms with Crippen molar-refractivity contribution in [3.05, 3.63) is 40.2 Å². The monoisotopic (exact) mass is 331 g/mol. The van der Waals surface area contributed by atoms with Gasteiger partial charge >= 0.3 is 0 Å². The van der Waals surface area contributed by atoms with Crippen LogP contribution in [0.4, 0.5) is 0 Å². The lowest BCUT2D eigenvalue weighted by atomic mass is 9.75. The summed E-state index contributed by atoms with van der Waals surface area (Å²) in [5.74, 6) is 2.57. The van der Waals surface area contributed by atoms with E-state index in [4.69, 9.17) is 0 Å². The van der Waals surface area contributed by atoms with Gasteiger partial charge in [0.2, 0.25) is 0 Å². The fourth-order valence-electron chi connectivity index (χ4n) is 2.95. The molecule has 1 unspecified atom stereocenters. The SMILES string of the molecule is CC(C)(C)c1cc(C(C)(C)C)c([PH2+]C=C2CC2)c(C(C)(C)C)c1. The molecule has 0 heterocycles. The molecular weight excluding hydrogens is 295 g/mol. The highest BCUT2D eigenvalue weighted by atomic mass is 31.1. The van der Waals surface area contributed by atoms with Gasteiger partial charge in [-0.25, -0.2) is 0 Å². The van der Waals surface area contributed by atoms with Crippen LogP contribution in [-0.2, 0) is 16.2 Å². The maximum absolute atomic E-state index is 2.57. The van der Waals surface area contributed by atoms with Gasteiger partial charge in [0, 0.05) is 19.7 Å². The minimum absolute atomic E-state index is 0.197. The lowest BCUT2D eigenvalue weighted by Gasteiger charge is -2.31. The first kappa shape index (κ1) is 18.7. The molecule has 1 atom stereocenters. The van der Waals surface area contributed by atoms with Crippen LogP contribution in [0.15, 0.2) is 23.5 Å². The largest absolute Gasteiger partial charge is 0.101 e. The quantitative estimate of drug-likeness (QED) is 0.558. The first-order valence-corrected chi connectivity index (χ1v) is 10.3. The Labute approximate surface area is 145 Å². The summed E-state index contributed by atoms with van der Waals surface area (Å²) in [6, 6.07) is 5.01. The molecule has 0 radical (unpaired) electrons. The van der Waals surface area contributed by atoms with E-state index in [0.717, 1.165) is 0 Å². The molecule has 1 aromatic rings. The van der Waals surface area contributed by atoms with E-state index < -0.39 is 0 Å². The standard InChI is InChI=1S/C22H35P/c1-20(2,3)16-12-17(21(4,5)6)19(23-14-15-10-11-15)18(13-16)22(7,8)9/h12-14,23H,10-11H2,1-9H3/p+1. The van der Waals surface area contributed by atoms with Gasteiger partial charge in [0.1, 0.15) is 5.30 Å². The zero-order valence-corrected chi connectivity index (χ0v) is 17.9. The molecule has 0 nitrogen and oxygen atoms in total. The van der Waals surface area contributed by atoms with Crippen molar-refractivity contribution in [1.29, 1.82) is 0 Å². The third kappa shape index (κ3) is 4.69. The Balaban J connectivity index is 2.71. The van der Waals surface area contributed by atoms with Crippen LogP contribution < -0.4 is 5.30 Å². The van der Waals surface area contributed by atoms with Crippen molar-refractivity contribution in [2.75, 3.05) is 0 Å². The Morgan fingerprint density at radius 1 is 0.739 bits per heavy atom. The Hall–Kier alpha value is -0.610. The Bertz CT molecular complexity index is 572. The number of rotatable bonds is 2. The lowest BCUT2D eigenvalue weighted by molar-refractivity contribution is 0.554. The molecule has 0 N–H and O–H groups in total. The average molecular weight is 332 g/mol. The van der Waals surface area contributed by atoms with Crippen molar-refractivity contribution in [1.82, 2.24) is 0 Å². The summed E-state index contributed by atoms with van der Waals surface area (Å²) in [6.07, 6.45) is 2.67. The fraction of sp³-hybridized carbons (Fsp3) is 0.636. The van der Waals surface area contributed by atoms with Gasteiger partial charge in [0.15, 0.2) is 0 Å². The maximum atomic E-state index is 2.57. The molecule has 1 heteroatoms. The number of hydrogen-bond donors (Lipinski definition) is 0. The summed E-state index contributed by atoms with van der Waals surface area (Å²) in [5, 5.41) is 1.65. The molecule has 1 aliphatic rings. The molecule has 128 valence electrons. The van der Waals surface area contributed by atoms with Crippen molar-refractivity contribution in [3.8, 4) is 0 Å². The van der Waals surface area contributed by atoms with E-state index in [-0.39, 0.29) is 24.8 Å². The predicted molar refractivity (Wildman–Crippen MR) is 109 cm³/mol. The van der Waals surface area contributed by atoms with Crippen LogP contribution in [0.1, 0.15) is 91.8 Å². The van der Waals surface area contributed by atoms with Crippen molar-refractivity contribution in [2.45, 2.75) is 91.4 Å². The highest BCUT2D eigenvalue weighted by Gasteiger charge is 2.31. The van der Waals surface area contributed by atoms with Crippen LogP contribution in [-0.4, -0.2) is 0 Å². The zero-order valence-electron chi connectivity index (χ0n) is 16.7. The third-order valence-corrected chi connectivity index (χ3v) is 6.28. The molecule has 23 heavy (non-hydrogen) atoms. The molecule has 1 aromatic carbocycles. The van der Waals surface area contributed by atoms with Crippen molar-refractivity contribution in [2.24, 2.45) is 0 Å². The minimum atomic E-state index is 0.197. The second-order valence-electron chi connectivity index (χ2n) is 10.2. The van der Waals surface area contributed by atoms with Gasteiger partial charge in [0.25, 0.3) is 0 Å². The van der Waals surface area contributed by atoms with E-state index in [1.165, 1.54) is 18.4 Å². The first-order chi connectivity index (χ1) is 10.3. The van der Waals surface area contributed by atoms with Gasteiger partial charge in [-0.1, -0.05) is 74.4 Å². The summed E-state index contributed by atoms with van der Waals surface area (Å²) in [4.78, 5) is 0. The van der Waals surface area contributed by atoms with Gasteiger partial charge in [-0.15, -0.1) is 0 Å². The Morgan fingerprint density at radius 2 is 1.17 bits per heavy atom. The van der Waals surface area contributed by atoms with Crippen LogP contribution in [0, 0.1) is 0 Å². The molecular formula is C22H36P+. The van der Waals surface area contributed by atoms with E-state index in [0.29, 0.717) is 0 Å². The lowest BCUT2D eigenvalue weighted by Crippen LogP contribution is -2.30. The zero-order chi connectivity index (χ0) is 17.6. The molecule has 0 aromatic heterocycles. The molecule has 1 saturated carbocycles. The van der Waals surface area contributed by atoms with Gasteiger partial charge in [-0.3, -0.25) is 0 Å². The first-order valence-electron chi connectivity index (χ1n) is 9.02. The number of allylic oxidation sites excluding steroid dienone is 1. The average Bonchev–Trinajstić information content (AvgIpc) is 3.15. The number of benzene rings is 1. The number of hydrogen-bond acceptors (Lipinski definition) is 0. The van der Waals surface area contributed by atoms with Crippen molar-refractivity contribution >= 4 is 13.9 Å². The second-order valence-corrected chi connectivity index (χ2v) is 11.5. The fourth-order valence-corrected chi connectivity index (χ4v) is 5.07. The Morgan fingerprint density at radius 3 is 1.48 bits per heavy atom. The normalized spacial score (nSPS) is 16.3. The molecule has 0 aliphatic heterocycles. The molecule has 0 saturated heterocycles. The third-order valence-electron chi connectivity index (χ3n) is 4.69. The van der Waals surface area contributed by atoms with E-state index in [9.17, 15) is 0 Å². The van der Waals surface area contributed by atoms with Gasteiger partial charge in [-0.05, 0) is 40.2 Å². The molecule has 2 rings (SSSR count). The summed E-state index contributed by atoms with van der Waals surface area (Å²) in [7, 11) is 0.237. The van der Waals surface area contributed by atoms with Gasteiger partial charge in [-0.2, -0.15) is 0 Å². The van der Waals surface area contributed by atoms with Crippen LogP contribution in [0.3, 0.4) is 0 Å². The summed E-state index contributed by atoms with van der Waals surface area (Å²) in [5.41, 5.74) is 6.90. The topological polar surface area (TPSA) is 0 Å². The summed E-state index contributed by atoms with van der Waals surface area (Å²) < 4.78 is 0. The molecule has 0 amide bonds. The van der Waals surface area contributed by atoms with Crippen LogP contribution in [0.2, 0.25) is 0 Å². The molecule has 1 aliphatic carbocycles. The van der Waals surface area contributed by atoms with E-state index in [1.54, 1.807) is 22.0 Å². The molecule has 0 bridgehead atoms. The van der Waals surface area contributed by atoms with Crippen LogP contribution in [0.5, 0.6) is 0 Å². The van der Waals surface area contributed by atoms with Crippen molar-refractivity contribution in [3.63, 3.8) is 0 Å². The highest BCUT2D eigenvalue weighted by molar-refractivity contribution is 7.50. The highest BCUT2D eigenvalue weighted by Crippen LogP contribution is 2.39.